The molecular formula is C17H36BNO2. The van der Waals surface area contributed by atoms with Gasteiger partial charge in [-0.25, -0.2) is 0 Å². The van der Waals surface area contributed by atoms with Crippen LogP contribution >= 0.6 is 0 Å². The maximum atomic E-state index is 6.01. The largest absolute Gasteiger partial charge is 0.457 e. The predicted molar refractivity (Wildman–Crippen MR) is 91.8 cm³/mol. The first kappa shape index (κ1) is 19.0. The Morgan fingerprint density at radius 1 is 0.762 bits per heavy atom. The molecule has 1 aliphatic rings. The number of hydrogen-bond donors (Lipinski definition) is 1. The average Bonchev–Trinajstić information content (AvgIpc) is 2.60. The van der Waals surface area contributed by atoms with E-state index in [1.54, 1.807) is 0 Å². The second-order valence-corrected chi connectivity index (χ2v) is 7.35. The molecule has 0 radical (unpaired) electrons. The summed E-state index contributed by atoms with van der Waals surface area (Å²) in [5.74, 6) is 0. The molecule has 1 N–H and O–H groups in total. The van der Waals surface area contributed by atoms with Gasteiger partial charge in [-0.1, -0.05) is 39.0 Å². The van der Waals surface area contributed by atoms with Crippen LogP contribution in [0.4, 0.5) is 0 Å². The highest BCUT2D eigenvalue weighted by Crippen LogP contribution is 2.38. The Bertz CT molecular complexity index is 266. The summed E-state index contributed by atoms with van der Waals surface area (Å²) in [6, 6.07) is 0. The van der Waals surface area contributed by atoms with E-state index in [1.165, 1.54) is 51.5 Å². The van der Waals surface area contributed by atoms with Crippen LogP contribution in [0.1, 0.15) is 79.6 Å². The van der Waals surface area contributed by atoms with Gasteiger partial charge in [-0.15, -0.1) is 0 Å². The van der Waals surface area contributed by atoms with Crippen molar-refractivity contribution in [2.24, 2.45) is 0 Å². The third kappa shape index (κ3) is 6.71. The molecular weight excluding hydrogens is 261 g/mol. The Hall–Kier alpha value is -0.0551. The standard InChI is InChI=1S/C17H36BNO2/c1-6-7-8-11-14-19-15-12-9-10-13-18-20-16(2,3)17(4,5)21-18/h19H,6-15H2,1-5H3. The van der Waals surface area contributed by atoms with Gasteiger partial charge < -0.3 is 14.6 Å². The summed E-state index contributed by atoms with van der Waals surface area (Å²) >= 11 is 0. The molecule has 0 aliphatic carbocycles. The van der Waals surface area contributed by atoms with Gasteiger partial charge in [0.2, 0.25) is 0 Å². The maximum absolute atomic E-state index is 6.01. The molecule has 1 fully saturated rings. The van der Waals surface area contributed by atoms with Crippen LogP contribution in [0.3, 0.4) is 0 Å². The van der Waals surface area contributed by atoms with E-state index >= 15 is 0 Å². The van der Waals surface area contributed by atoms with Crippen molar-refractivity contribution in [2.45, 2.75) is 97.1 Å². The summed E-state index contributed by atoms with van der Waals surface area (Å²) in [7, 11) is -0.0167. The number of nitrogens with one attached hydrogen (secondary N) is 1. The van der Waals surface area contributed by atoms with Gasteiger partial charge in [0.25, 0.3) is 0 Å². The fourth-order valence-corrected chi connectivity index (χ4v) is 2.62. The van der Waals surface area contributed by atoms with Crippen LogP contribution in [0.5, 0.6) is 0 Å². The van der Waals surface area contributed by atoms with E-state index in [2.05, 4.69) is 39.9 Å². The zero-order valence-corrected chi connectivity index (χ0v) is 15.0. The Morgan fingerprint density at radius 3 is 1.81 bits per heavy atom. The lowest BCUT2D eigenvalue weighted by Crippen LogP contribution is -2.41. The quantitative estimate of drug-likeness (QED) is 0.452. The number of unbranched alkanes of at least 4 members (excludes halogenated alkanes) is 5. The van der Waals surface area contributed by atoms with Crippen molar-refractivity contribution in [1.29, 1.82) is 0 Å². The summed E-state index contributed by atoms with van der Waals surface area (Å²) < 4.78 is 12.0. The van der Waals surface area contributed by atoms with Crippen LogP contribution < -0.4 is 5.32 Å². The van der Waals surface area contributed by atoms with Gasteiger partial charge in [-0.2, -0.15) is 0 Å². The first-order chi connectivity index (χ1) is 9.89. The normalized spacial score (nSPS) is 20.1. The highest BCUT2D eigenvalue weighted by molar-refractivity contribution is 6.45. The van der Waals surface area contributed by atoms with Crippen molar-refractivity contribution in [3.05, 3.63) is 0 Å². The minimum atomic E-state index is -0.183. The van der Waals surface area contributed by atoms with E-state index < -0.39 is 0 Å². The first-order valence-corrected chi connectivity index (χ1v) is 8.95. The number of rotatable bonds is 11. The van der Waals surface area contributed by atoms with Gasteiger partial charge in [-0.3, -0.25) is 0 Å². The molecule has 1 heterocycles. The summed E-state index contributed by atoms with van der Waals surface area (Å²) in [5, 5.41) is 3.54. The molecule has 4 heteroatoms. The lowest BCUT2D eigenvalue weighted by molar-refractivity contribution is 0.00578. The van der Waals surface area contributed by atoms with Crippen LogP contribution in [0.25, 0.3) is 0 Å². The topological polar surface area (TPSA) is 30.5 Å². The molecule has 1 saturated heterocycles. The molecule has 0 bridgehead atoms. The van der Waals surface area contributed by atoms with Crippen molar-refractivity contribution in [3.8, 4) is 0 Å². The molecule has 1 rings (SSSR count). The monoisotopic (exact) mass is 297 g/mol. The molecule has 0 saturated carbocycles. The molecule has 0 aromatic carbocycles. The summed E-state index contributed by atoms with van der Waals surface area (Å²) in [6.45, 7) is 13.1. The van der Waals surface area contributed by atoms with Crippen LogP contribution in [-0.2, 0) is 9.31 Å². The van der Waals surface area contributed by atoms with Gasteiger partial charge in [0.05, 0.1) is 11.2 Å². The summed E-state index contributed by atoms with van der Waals surface area (Å²) in [5.41, 5.74) is -0.366. The molecule has 1 aliphatic heterocycles. The van der Waals surface area contributed by atoms with Crippen LogP contribution in [0, 0.1) is 0 Å². The third-order valence-electron chi connectivity index (χ3n) is 4.80. The third-order valence-corrected chi connectivity index (χ3v) is 4.80. The highest BCUT2D eigenvalue weighted by atomic mass is 16.7. The van der Waals surface area contributed by atoms with Crippen molar-refractivity contribution in [2.75, 3.05) is 13.1 Å². The molecule has 0 amide bonds. The van der Waals surface area contributed by atoms with Crippen molar-refractivity contribution >= 4 is 7.12 Å². The van der Waals surface area contributed by atoms with E-state index in [-0.39, 0.29) is 18.3 Å². The lowest BCUT2D eigenvalue weighted by atomic mass is 9.82. The smallest absolute Gasteiger partial charge is 0.403 e. The predicted octanol–water partition coefficient (Wildman–Crippen LogP) is 4.42. The van der Waals surface area contributed by atoms with Crippen molar-refractivity contribution < 1.29 is 9.31 Å². The Balaban J connectivity index is 1.94. The second-order valence-electron chi connectivity index (χ2n) is 7.35. The minimum absolute atomic E-state index is 0.0167. The lowest BCUT2D eigenvalue weighted by Gasteiger charge is -2.32. The van der Waals surface area contributed by atoms with Crippen molar-refractivity contribution in [1.82, 2.24) is 5.32 Å². The van der Waals surface area contributed by atoms with Gasteiger partial charge in [0.1, 0.15) is 0 Å². The van der Waals surface area contributed by atoms with E-state index in [0.717, 1.165) is 12.9 Å². The van der Waals surface area contributed by atoms with E-state index in [4.69, 9.17) is 9.31 Å². The van der Waals surface area contributed by atoms with Gasteiger partial charge >= 0.3 is 7.12 Å². The van der Waals surface area contributed by atoms with E-state index in [9.17, 15) is 0 Å². The molecule has 0 atom stereocenters. The zero-order chi connectivity index (χ0) is 15.8. The Morgan fingerprint density at radius 2 is 1.29 bits per heavy atom. The van der Waals surface area contributed by atoms with E-state index in [0.29, 0.717) is 0 Å². The Kier molecular flexibility index (Phi) is 8.29. The van der Waals surface area contributed by atoms with E-state index in [1.807, 2.05) is 0 Å². The molecule has 0 aromatic rings. The Labute approximate surface area is 132 Å². The molecule has 0 spiro atoms. The molecule has 0 unspecified atom stereocenters. The first-order valence-electron chi connectivity index (χ1n) is 8.95. The van der Waals surface area contributed by atoms with Gasteiger partial charge in [0.15, 0.2) is 0 Å². The SMILES string of the molecule is CCCCCCNCCCCCB1OC(C)(C)C(C)(C)O1. The average molecular weight is 297 g/mol. The van der Waals surface area contributed by atoms with Crippen LogP contribution in [0.15, 0.2) is 0 Å². The van der Waals surface area contributed by atoms with Crippen molar-refractivity contribution in [3.63, 3.8) is 0 Å². The van der Waals surface area contributed by atoms with Gasteiger partial charge in [-0.05, 0) is 59.9 Å². The molecule has 0 aromatic heterocycles. The molecule has 21 heavy (non-hydrogen) atoms. The summed E-state index contributed by atoms with van der Waals surface area (Å²) in [4.78, 5) is 0. The molecule has 124 valence electrons. The second kappa shape index (κ2) is 9.17. The summed E-state index contributed by atoms with van der Waals surface area (Å²) in [6.07, 6.45) is 10.1. The minimum Gasteiger partial charge on any atom is -0.403 e. The van der Waals surface area contributed by atoms with Gasteiger partial charge in [0, 0.05) is 0 Å². The molecule has 3 nitrogen and oxygen atoms in total. The number of hydrogen-bond acceptors (Lipinski definition) is 3. The van der Waals surface area contributed by atoms with Crippen LogP contribution in [0.2, 0.25) is 6.32 Å². The maximum Gasteiger partial charge on any atom is 0.457 e. The van der Waals surface area contributed by atoms with Crippen LogP contribution in [-0.4, -0.2) is 31.4 Å². The fourth-order valence-electron chi connectivity index (χ4n) is 2.62. The highest BCUT2D eigenvalue weighted by Gasteiger charge is 2.50. The zero-order valence-electron chi connectivity index (χ0n) is 15.0. The fraction of sp³-hybridized carbons (Fsp3) is 1.00.